The Morgan fingerprint density at radius 2 is 1.78 bits per heavy atom. The van der Waals surface area contributed by atoms with Crippen LogP contribution in [0.2, 0.25) is 0 Å². The quantitative estimate of drug-likeness (QED) is 0.627. The molecular formula is C22H22FN3O4S2. The Morgan fingerprint density at radius 3 is 2.41 bits per heavy atom. The van der Waals surface area contributed by atoms with Gasteiger partial charge in [0.1, 0.15) is 34.6 Å². The molecule has 1 N–H and O–H groups in total. The van der Waals surface area contributed by atoms with Crippen LogP contribution in [-0.2, 0) is 14.4 Å². The molecule has 2 saturated heterocycles. The standard InChI is InChI=1S/C22H22FN3O4S2/c23-14-3-7-16(8-4-14)30-17-9-5-15(6-10-17)24-21(29)18-2-1-11-25(18)19(27)12-26-20(28)13-32-22(26)31/h3-10,18,22,31H,1-2,11-13H2,(H,24,29)/t18-,22?/m0/s1. The molecule has 0 saturated carbocycles. The largest absolute Gasteiger partial charge is 0.457 e. The molecule has 2 heterocycles. The Labute approximate surface area is 194 Å². The second kappa shape index (κ2) is 9.83. The first-order valence-electron chi connectivity index (χ1n) is 10.1. The molecule has 7 nitrogen and oxygen atoms in total. The Morgan fingerprint density at radius 1 is 1.12 bits per heavy atom. The highest BCUT2D eigenvalue weighted by Gasteiger charge is 2.37. The molecule has 2 aliphatic heterocycles. The number of thiol groups is 1. The van der Waals surface area contributed by atoms with Crippen molar-refractivity contribution in [3.05, 3.63) is 54.3 Å². The summed E-state index contributed by atoms with van der Waals surface area (Å²) >= 11 is 5.70. The highest BCUT2D eigenvalue weighted by atomic mass is 32.2. The van der Waals surface area contributed by atoms with Crippen molar-refractivity contribution >= 4 is 47.8 Å². The molecule has 2 aliphatic rings. The number of rotatable bonds is 6. The van der Waals surface area contributed by atoms with Crippen LogP contribution < -0.4 is 10.1 Å². The van der Waals surface area contributed by atoms with E-state index in [9.17, 15) is 18.8 Å². The van der Waals surface area contributed by atoms with Crippen molar-refractivity contribution in [2.24, 2.45) is 0 Å². The topological polar surface area (TPSA) is 79.0 Å². The molecule has 2 fully saturated rings. The number of hydrogen-bond acceptors (Lipinski definition) is 6. The number of thioether (sulfide) groups is 1. The summed E-state index contributed by atoms with van der Waals surface area (Å²) in [4.78, 5) is 40.5. The number of carbonyl (C=O) groups is 3. The van der Waals surface area contributed by atoms with Gasteiger partial charge in [-0.25, -0.2) is 4.39 Å². The van der Waals surface area contributed by atoms with E-state index in [0.717, 1.165) is 6.42 Å². The first-order valence-corrected chi connectivity index (χ1v) is 11.7. The fraction of sp³-hybridized carbons (Fsp3) is 0.318. The SMILES string of the molecule is O=C(Nc1ccc(Oc2ccc(F)cc2)cc1)[C@@H]1CCCN1C(=O)CN1C(=O)CSC1S. The number of carbonyl (C=O) groups excluding carboxylic acids is 3. The van der Waals surface area contributed by atoms with Crippen LogP contribution in [0.1, 0.15) is 12.8 Å². The predicted molar refractivity (Wildman–Crippen MR) is 123 cm³/mol. The number of nitrogens with one attached hydrogen (secondary N) is 1. The molecule has 32 heavy (non-hydrogen) atoms. The minimum absolute atomic E-state index is 0.0702. The summed E-state index contributed by atoms with van der Waals surface area (Å²) in [6.07, 6.45) is 1.29. The van der Waals surface area contributed by atoms with E-state index in [2.05, 4.69) is 17.9 Å². The van der Waals surface area contributed by atoms with Crippen LogP contribution >= 0.6 is 24.4 Å². The van der Waals surface area contributed by atoms with Crippen molar-refractivity contribution in [1.29, 1.82) is 0 Å². The van der Waals surface area contributed by atoms with E-state index in [4.69, 9.17) is 4.74 Å². The number of anilines is 1. The number of likely N-dealkylation sites (tertiary alicyclic amines) is 1. The number of nitrogens with zero attached hydrogens (tertiary/aromatic N) is 2. The third-order valence-electron chi connectivity index (χ3n) is 5.30. The third-order valence-corrected chi connectivity index (χ3v) is 6.99. The molecule has 4 rings (SSSR count). The smallest absolute Gasteiger partial charge is 0.247 e. The van der Waals surface area contributed by atoms with E-state index in [1.807, 2.05) is 0 Å². The highest BCUT2D eigenvalue weighted by molar-refractivity contribution is 8.11. The van der Waals surface area contributed by atoms with Gasteiger partial charge in [-0.15, -0.1) is 24.4 Å². The number of halogens is 1. The minimum Gasteiger partial charge on any atom is -0.457 e. The fourth-order valence-corrected chi connectivity index (χ4v) is 4.92. The lowest BCUT2D eigenvalue weighted by atomic mass is 10.2. The summed E-state index contributed by atoms with van der Waals surface area (Å²) < 4.78 is 18.3. The summed E-state index contributed by atoms with van der Waals surface area (Å²) in [5.74, 6) is 0.376. The third kappa shape index (κ3) is 5.18. The molecule has 0 spiro atoms. The first kappa shape index (κ1) is 22.5. The van der Waals surface area contributed by atoms with Gasteiger partial charge in [0, 0.05) is 12.2 Å². The molecule has 0 radical (unpaired) electrons. The number of hydrogen-bond donors (Lipinski definition) is 2. The van der Waals surface area contributed by atoms with Crippen LogP contribution in [0.15, 0.2) is 48.5 Å². The van der Waals surface area contributed by atoms with Crippen LogP contribution in [0.4, 0.5) is 10.1 Å². The van der Waals surface area contributed by atoms with Gasteiger partial charge in [-0.1, -0.05) is 0 Å². The van der Waals surface area contributed by atoms with Crippen LogP contribution in [-0.4, -0.2) is 57.1 Å². The Balaban J connectivity index is 1.34. The van der Waals surface area contributed by atoms with Gasteiger partial charge in [-0.3, -0.25) is 14.4 Å². The van der Waals surface area contributed by atoms with E-state index in [1.165, 1.54) is 45.8 Å². The lowest BCUT2D eigenvalue weighted by molar-refractivity contribution is -0.141. The summed E-state index contributed by atoms with van der Waals surface area (Å²) in [5.41, 5.74) is 0.572. The summed E-state index contributed by atoms with van der Waals surface area (Å²) in [6.45, 7) is 0.410. The molecule has 168 valence electrons. The molecule has 1 unspecified atom stereocenters. The minimum atomic E-state index is -0.582. The van der Waals surface area contributed by atoms with Crippen molar-refractivity contribution in [2.75, 3.05) is 24.2 Å². The molecule has 0 aromatic heterocycles. The second-order valence-corrected chi connectivity index (χ2v) is 9.38. The van der Waals surface area contributed by atoms with E-state index >= 15 is 0 Å². The number of amides is 3. The van der Waals surface area contributed by atoms with Gasteiger partial charge in [0.25, 0.3) is 0 Å². The monoisotopic (exact) mass is 475 g/mol. The molecule has 0 bridgehead atoms. The maximum atomic E-state index is 13.0. The van der Waals surface area contributed by atoms with E-state index in [1.54, 1.807) is 24.3 Å². The summed E-state index contributed by atoms with van der Waals surface area (Å²) in [7, 11) is 0. The van der Waals surface area contributed by atoms with Crippen molar-refractivity contribution in [3.63, 3.8) is 0 Å². The van der Waals surface area contributed by atoms with E-state index < -0.39 is 6.04 Å². The van der Waals surface area contributed by atoms with Crippen LogP contribution in [0.3, 0.4) is 0 Å². The van der Waals surface area contributed by atoms with Gasteiger partial charge in [0.05, 0.1) is 5.75 Å². The van der Waals surface area contributed by atoms with Crippen molar-refractivity contribution < 1.29 is 23.5 Å². The highest BCUT2D eigenvalue weighted by Crippen LogP contribution is 2.28. The maximum Gasteiger partial charge on any atom is 0.247 e. The van der Waals surface area contributed by atoms with Crippen LogP contribution in [0.25, 0.3) is 0 Å². The van der Waals surface area contributed by atoms with E-state index in [-0.39, 0.29) is 34.8 Å². The van der Waals surface area contributed by atoms with Gasteiger partial charge < -0.3 is 19.9 Å². The zero-order valence-corrected chi connectivity index (χ0v) is 18.8. The second-order valence-electron chi connectivity index (χ2n) is 7.47. The fourth-order valence-electron chi connectivity index (χ4n) is 3.65. The lowest BCUT2D eigenvalue weighted by Crippen LogP contribution is -2.48. The Hall–Kier alpha value is -2.72. The molecular weight excluding hydrogens is 453 g/mol. The van der Waals surface area contributed by atoms with E-state index in [0.29, 0.717) is 35.9 Å². The van der Waals surface area contributed by atoms with Crippen LogP contribution in [0, 0.1) is 5.82 Å². The first-order chi connectivity index (χ1) is 15.4. The Kier molecular flexibility index (Phi) is 6.90. The molecule has 2 aromatic rings. The van der Waals surface area contributed by atoms with Gasteiger partial charge in [-0.2, -0.15) is 0 Å². The summed E-state index contributed by atoms with van der Waals surface area (Å²) in [5, 5.41) is 2.84. The van der Waals surface area contributed by atoms with Gasteiger partial charge in [-0.05, 0) is 61.4 Å². The number of ether oxygens (including phenoxy) is 1. The molecule has 2 atom stereocenters. The average molecular weight is 476 g/mol. The average Bonchev–Trinajstić information content (AvgIpc) is 3.39. The molecule has 3 amide bonds. The van der Waals surface area contributed by atoms with Crippen molar-refractivity contribution in [2.45, 2.75) is 23.6 Å². The molecule has 0 aliphatic carbocycles. The molecule has 10 heteroatoms. The van der Waals surface area contributed by atoms with Gasteiger partial charge >= 0.3 is 0 Å². The molecule has 2 aromatic carbocycles. The van der Waals surface area contributed by atoms with Crippen molar-refractivity contribution in [1.82, 2.24) is 9.80 Å². The summed E-state index contributed by atoms with van der Waals surface area (Å²) in [6, 6.07) is 11.9. The normalized spacial score (nSPS) is 20.5. The zero-order valence-electron chi connectivity index (χ0n) is 17.1. The lowest BCUT2D eigenvalue weighted by Gasteiger charge is -2.27. The van der Waals surface area contributed by atoms with Gasteiger partial charge in [0.2, 0.25) is 17.7 Å². The maximum absolute atomic E-state index is 13.0. The zero-order chi connectivity index (χ0) is 22.7. The predicted octanol–water partition coefficient (Wildman–Crippen LogP) is 3.34. The number of benzene rings is 2. The van der Waals surface area contributed by atoms with Gasteiger partial charge in [0.15, 0.2) is 0 Å². The Bertz CT molecular complexity index is 1000. The van der Waals surface area contributed by atoms with Crippen LogP contribution in [0.5, 0.6) is 11.5 Å². The van der Waals surface area contributed by atoms with Crippen molar-refractivity contribution in [3.8, 4) is 11.5 Å².